The van der Waals surface area contributed by atoms with Gasteiger partial charge in [0.2, 0.25) is 5.75 Å². The third kappa shape index (κ3) is 6.87. The van der Waals surface area contributed by atoms with E-state index in [1.54, 1.807) is 29.2 Å². The van der Waals surface area contributed by atoms with Crippen molar-refractivity contribution >= 4 is 40.3 Å². The van der Waals surface area contributed by atoms with E-state index in [9.17, 15) is 19.7 Å². The van der Waals surface area contributed by atoms with Gasteiger partial charge in [-0.3, -0.25) is 19.7 Å². The first kappa shape index (κ1) is 32.6. The Balaban J connectivity index is 1.56. The van der Waals surface area contributed by atoms with Gasteiger partial charge in [0, 0.05) is 30.3 Å². The lowest BCUT2D eigenvalue weighted by Gasteiger charge is -2.26. The minimum Gasteiger partial charge on any atom is -0.494 e. The van der Waals surface area contributed by atoms with Gasteiger partial charge in [0.25, 0.3) is 11.5 Å². The van der Waals surface area contributed by atoms with E-state index in [1.165, 1.54) is 23.0 Å². The number of rotatable bonds is 10. The number of amides is 1. The second kappa shape index (κ2) is 14.1. The van der Waals surface area contributed by atoms with Crippen LogP contribution in [0.2, 0.25) is 5.02 Å². The van der Waals surface area contributed by atoms with Crippen LogP contribution in [0.15, 0.2) is 58.4 Å². The maximum absolute atomic E-state index is 13.8. The summed E-state index contributed by atoms with van der Waals surface area (Å²) < 4.78 is 17.9. The van der Waals surface area contributed by atoms with Crippen LogP contribution in [0.3, 0.4) is 0 Å². The van der Waals surface area contributed by atoms with Crippen LogP contribution >= 0.6 is 11.6 Å². The number of fused-ring (bicyclic) bond motifs is 1. The molecule has 0 unspecified atom stereocenters. The Kier molecular flexibility index (Phi) is 9.98. The van der Waals surface area contributed by atoms with Crippen LogP contribution in [0.1, 0.15) is 43.4 Å². The summed E-state index contributed by atoms with van der Waals surface area (Å²) in [5.74, 6) is 0.608. The monoisotopic (exact) mass is 647 g/mol. The highest BCUT2D eigenvalue weighted by molar-refractivity contribution is 6.32. The van der Waals surface area contributed by atoms with Crippen LogP contribution in [0.5, 0.6) is 11.5 Å². The third-order valence-corrected chi connectivity index (χ3v) is 7.82. The van der Waals surface area contributed by atoms with E-state index in [0.29, 0.717) is 55.2 Å². The summed E-state index contributed by atoms with van der Waals surface area (Å²) in [6, 6.07) is 13.5. The molecule has 13 heteroatoms. The Labute approximate surface area is 270 Å². The number of benzene rings is 3. The molecule has 240 valence electrons. The third-order valence-electron chi connectivity index (χ3n) is 7.54. The second-order valence-corrected chi connectivity index (χ2v) is 11.4. The van der Waals surface area contributed by atoms with Gasteiger partial charge in [-0.15, -0.1) is 0 Å². The molecule has 46 heavy (non-hydrogen) atoms. The van der Waals surface area contributed by atoms with Crippen molar-refractivity contribution in [3.63, 3.8) is 0 Å². The smallest absolute Gasteiger partial charge is 0.313 e. The summed E-state index contributed by atoms with van der Waals surface area (Å²) >= 11 is 6.45. The van der Waals surface area contributed by atoms with E-state index in [-0.39, 0.29) is 28.2 Å². The zero-order valence-corrected chi connectivity index (χ0v) is 26.7. The minimum absolute atomic E-state index is 0.0847. The molecule has 3 aromatic carbocycles. The highest BCUT2D eigenvalue weighted by Crippen LogP contribution is 2.37. The summed E-state index contributed by atoms with van der Waals surface area (Å²) in [7, 11) is 0. The number of nitro groups is 1. The normalized spacial score (nSPS) is 13.5. The van der Waals surface area contributed by atoms with Gasteiger partial charge in [0.05, 0.1) is 46.9 Å². The molecule has 0 spiro atoms. The van der Waals surface area contributed by atoms with Crippen LogP contribution in [0, 0.1) is 17.0 Å². The number of hydrogen-bond acceptors (Lipinski definition) is 9. The quantitative estimate of drug-likeness (QED) is 0.124. The second-order valence-electron chi connectivity index (χ2n) is 11.0. The number of carbonyl (C=O) groups is 1. The number of nitrogens with zero attached hydrogens (tertiary/aromatic N) is 5. The van der Waals surface area contributed by atoms with Gasteiger partial charge >= 0.3 is 5.69 Å². The van der Waals surface area contributed by atoms with Gasteiger partial charge in [-0.1, -0.05) is 37.6 Å². The zero-order valence-electron chi connectivity index (χ0n) is 26.0. The molecular formula is C33H34ClN5O7. The molecule has 1 amide bonds. The summed E-state index contributed by atoms with van der Waals surface area (Å²) in [4.78, 5) is 44.1. The van der Waals surface area contributed by atoms with Gasteiger partial charge in [-0.2, -0.15) is 9.78 Å². The van der Waals surface area contributed by atoms with Crippen molar-refractivity contribution in [2.24, 2.45) is 5.10 Å². The van der Waals surface area contributed by atoms with E-state index in [0.717, 1.165) is 16.9 Å². The van der Waals surface area contributed by atoms with Gasteiger partial charge in [0.1, 0.15) is 5.75 Å². The Morgan fingerprint density at radius 2 is 1.91 bits per heavy atom. The van der Waals surface area contributed by atoms with Crippen molar-refractivity contribution in [2.45, 2.75) is 33.6 Å². The van der Waals surface area contributed by atoms with E-state index in [2.05, 4.69) is 18.9 Å². The topological polar surface area (TPSA) is 138 Å². The fourth-order valence-electron chi connectivity index (χ4n) is 5.19. The molecular weight excluding hydrogens is 614 g/mol. The average molecular weight is 648 g/mol. The first-order chi connectivity index (χ1) is 22.1. The van der Waals surface area contributed by atoms with Crippen molar-refractivity contribution in [2.75, 3.05) is 39.5 Å². The SMILES string of the molecule is CCOc1cc(C)c(-c2nc3ccccc3c(=O)n2N=Cc2cc(Cl)c(OCC(=O)N3CCOCC3)c([N+](=O)[O-])c2)cc1C(C)C. The Morgan fingerprint density at radius 3 is 2.61 bits per heavy atom. The van der Waals surface area contributed by atoms with E-state index < -0.39 is 22.8 Å². The number of ether oxygens (including phenoxy) is 3. The lowest BCUT2D eigenvalue weighted by Crippen LogP contribution is -2.43. The van der Waals surface area contributed by atoms with E-state index >= 15 is 0 Å². The summed E-state index contributed by atoms with van der Waals surface area (Å²) in [5, 5.41) is 16.8. The lowest BCUT2D eigenvalue weighted by atomic mass is 9.96. The van der Waals surface area contributed by atoms with Crippen LogP contribution < -0.4 is 15.0 Å². The van der Waals surface area contributed by atoms with Crippen molar-refractivity contribution in [3.05, 3.63) is 90.7 Å². The van der Waals surface area contributed by atoms with Crippen LogP contribution in [-0.4, -0.2) is 71.1 Å². The number of carbonyl (C=O) groups excluding carboxylic acids is 1. The molecule has 12 nitrogen and oxygen atoms in total. The van der Waals surface area contributed by atoms with Crippen LogP contribution in [-0.2, 0) is 9.53 Å². The van der Waals surface area contributed by atoms with Crippen LogP contribution in [0.4, 0.5) is 5.69 Å². The molecule has 1 fully saturated rings. The molecule has 1 saturated heterocycles. The Hall–Kier alpha value is -4.81. The largest absolute Gasteiger partial charge is 0.494 e. The van der Waals surface area contributed by atoms with Crippen LogP contribution in [0.25, 0.3) is 22.3 Å². The molecule has 0 radical (unpaired) electrons. The minimum atomic E-state index is -0.649. The molecule has 1 aliphatic heterocycles. The maximum Gasteiger partial charge on any atom is 0.313 e. The summed E-state index contributed by atoms with van der Waals surface area (Å²) in [6.07, 6.45) is 1.30. The molecule has 1 aliphatic rings. The average Bonchev–Trinajstić information content (AvgIpc) is 3.04. The van der Waals surface area contributed by atoms with Crippen molar-refractivity contribution in [1.29, 1.82) is 0 Å². The number of morpholine rings is 1. The van der Waals surface area contributed by atoms with Gasteiger partial charge in [-0.25, -0.2) is 4.98 Å². The predicted octanol–water partition coefficient (Wildman–Crippen LogP) is 5.58. The molecule has 0 saturated carbocycles. The number of aryl methyl sites for hydroxylation is 1. The fourth-order valence-corrected chi connectivity index (χ4v) is 5.47. The first-order valence-electron chi connectivity index (χ1n) is 14.9. The molecule has 1 aromatic heterocycles. The van der Waals surface area contributed by atoms with Crippen molar-refractivity contribution in [1.82, 2.24) is 14.6 Å². The molecule has 0 bridgehead atoms. The fraction of sp³-hybridized carbons (Fsp3) is 0.333. The van der Waals surface area contributed by atoms with E-state index in [4.69, 9.17) is 30.8 Å². The number of para-hydroxylation sites is 1. The lowest BCUT2D eigenvalue weighted by molar-refractivity contribution is -0.385. The van der Waals surface area contributed by atoms with Crippen molar-refractivity contribution < 1.29 is 23.9 Å². The highest BCUT2D eigenvalue weighted by atomic mass is 35.5. The molecule has 5 rings (SSSR count). The number of hydrogen-bond donors (Lipinski definition) is 0. The predicted molar refractivity (Wildman–Crippen MR) is 175 cm³/mol. The molecule has 0 aliphatic carbocycles. The Bertz CT molecular complexity index is 1880. The van der Waals surface area contributed by atoms with Gasteiger partial charge in [0.15, 0.2) is 12.4 Å². The molecule has 0 atom stereocenters. The molecule has 0 N–H and O–H groups in total. The maximum atomic E-state index is 13.8. The number of aromatic nitrogens is 2. The number of halogens is 1. The van der Waals surface area contributed by atoms with Crippen molar-refractivity contribution in [3.8, 4) is 22.9 Å². The highest BCUT2D eigenvalue weighted by Gasteiger charge is 2.24. The van der Waals surface area contributed by atoms with Gasteiger partial charge < -0.3 is 19.1 Å². The van der Waals surface area contributed by atoms with E-state index in [1.807, 2.05) is 26.0 Å². The zero-order chi connectivity index (χ0) is 33.0. The first-order valence-corrected chi connectivity index (χ1v) is 15.3. The van der Waals surface area contributed by atoms with Gasteiger partial charge in [-0.05, 0) is 61.2 Å². The summed E-state index contributed by atoms with van der Waals surface area (Å²) in [6.45, 7) is 9.66. The standard InChI is InChI=1S/C33H34ClN5O7/c1-5-45-29-14-21(4)25(17-24(29)20(2)3)32-36-27-9-7-6-8-23(27)33(41)38(32)35-18-22-15-26(34)31(28(16-22)39(42)43)46-19-30(40)37-10-12-44-13-11-37/h6-9,14-18,20H,5,10-13,19H2,1-4H3. The molecule has 2 heterocycles. The summed E-state index contributed by atoms with van der Waals surface area (Å²) in [5.41, 5.74) is 2.33. The number of nitro benzene ring substituents is 1. The Morgan fingerprint density at radius 1 is 1.17 bits per heavy atom. The molecule has 4 aromatic rings.